The van der Waals surface area contributed by atoms with Crippen LogP contribution in [0.3, 0.4) is 0 Å². The third-order valence-electron chi connectivity index (χ3n) is 5.71. The van der Waals surface area contributed by atoms with E-state index in [0.29, 0.717) is 22.2 Å². The van der Waals surface area contributed by atoms with Crippen LogP contribution in [0.4, 0.5) is 0 Å². The highest BCUT2D eigenvalue weighted by atomic mass is 35.5. The van der Waals surface area contributed by atoms with Gasteiger partial charge in [0.2, 0.25) is 5.91 Å². The fourth-order valence-electron chi connectivity index (χ4n) is 3.54. The van der Waals surface area contributed by atoms with Crippen molar-refractivity contribution in [1.29, 1.82) is 0 Å². The molecule has 2 amide bonds. The number of rotatable bonds is 11. The molecule has 0 radical (unpaired) electrons. The lowest BCUT2D eigenvalue weighted by atomic mass is 10.0. The molecule has 3 aromatic rings. The van der Waals surface area contributed by atoms with E-state index in [2.05, 4.69) is 5.32 Å². The number of carbonyl (C=O) groups is 2. The molecule has 0 aliphatic heterocycles. The van der Waals surface area contributed by atoms with Gasteiger partial charge >= 0.3 is 0 Å². The molecule has 0 aliphatic rings. The van der Waals surface area contributed by atoms with Gasteiger partial charge in [-0.05, 0) is 60.9 Å². The zero-order chi connectivity index (χ0) is 25.2. The first-order valence-electron chi connectivity index (χ1n) is 11.6. The Morgan fingerprint density at radius 2 is 1.49 bits per heavy atom. The Morgan fingerprint density at radius 3 is 2.09 bits per heavy atom. The maximum absolute atomic E-state index is 13.5. The first-order chi connectivity index (χ1) is 16.9. The summed E-state index contributed by atoms with van der Waals surface area (Å²) in [6.07, 6.45) is 1.16. The number of amides is 2. The zero-order valence-electron chi connectivity index (χ0n) is 19.9. The Kier molecular flexibility index (Phi) is 10.0. The fraction of sp³-hybridized carbons (Fsp3) is 0.286. The zero-order valence-corrected chi connectivity index (χ0v) is 21.4. The summed E-state index contributed by atoms with van der Waals surface area (Å²) in [4.78, 5) is 28.5. The van der Waals surface area contributed by atoms with Crippen LogP contribution in [0.15, 0.2) is 78.9 Å². The van der Waals surface area contributed by atoms with Gasteiger partial charge in [-0.3, -0.25) is 9.59 Å². The smallest absolute Gasteiger partial charge is 0.261 e. The van der Waals surface area contributed by atoms with Gasteiger partial charge in [0.05, 0.1) is 0 Å². The lowest BCUT2D eigenvalue weighted by Crippen LogP contribution is -2.53. The Morgan fingerprint density at radius 1 is 0.886 bits per heavy atom. The van der Waals surface area contributed by atoms with Crippen LogP contribution in [-0.4, -0.2) is 35.4 Å². The highest BCUT2D eigenvalue weighted by molar-refractivity contribution is 6.30. The first kappa shape index (κ1) is 26.6. The van der Waals surface area contributed by atoms with E-state index >= 15 is 0 Å². The summed E-state index contributed by atoms with van der Waals surface area (Å²) in [5.74, 6) is 0.0324. The van der Waals surface area contributed by atoms with Crippen LogP contribution in [0.2, 0.25) is 10.0 Å². The highest BCUT2D eigenvalue weighted by Gasteiger charge is 2.31. The minimum absolute atomic E-state index is 0.0152. The van der Waals surface area contributed by atoms with Crippen LogP contribution in [0, 0.1) is 0 Å². The molecule has 0 saturated carbocycles. The Labute approximate surface area is 217 Å². The quantitative estimate of drug-likeness (QED) is 0.346. The van der Waals surface area contributed by atoms with E-state index in [4.69, 9.17) is 27.9 Å². The molecule has 5 nitrogen and oxygen atoms in total. The topological polar surface area (TPSA) is 58.6 Å². The maximum atomic E-state index is 13.5. The predicted molar refractivity (Wildman–Crippen MR) is 141 cm³/mol. The monoisotopic (exact) mass is 512 g/mol. The predicted octanol–water partition coefficient (Wildman–Crippen LogP) is 5.93. The molecular formula is C28H30Cl2N2O3. The summed E-state index contributed by atoms with van der Waals surface area (Å²) < 4.78 is 5.74. The van der Waals surface area contributed by atoms with Gasteiger partial charge in [0.1, 0.15) is 11.8 Å². The second-order valence-electron chi connectivity index (χ2n) is 8.41. The number of nitrogens with one attached hydrogen (secondary N) is 1. The lowest BCUT2D eigenvalue weighted by molar-refractivity contribution is -0.143. The van der Waals surface area contributed by atoms with Crippen molar-refractivity contribution in [3.63, 3.8) is 0 Å². The van der Waals surface area contributed by atoms with Crippen LogP contribution in [0.5, 0.6) is 5.75 Å². The first-order valence-corrected chi connectivity index (χ1v) is 12.4. The van der Waals surface area contributed by atoms with Crippen LogP contribution < -0.4 is 10.1 Å². The van der Waals surface area contributed by atoms with E-state index in [1.54, 1.807) is 41.3 Å². The number of hydrogen-bond acceptors (Lipinski definition) is 3. The standard InChI is InChI=1S/C28H30Cl2N2O3/c1-3-20(2)31-28(34)26(17-21-7-5-4-6-8-21)32(18-22-9-11-23(29)12-10-22)27(33)19-35-25-15-13-24(30)14-16-25/h4-16,20,26H,3,17-19H2,1-2H3,(H,31,34)/t20-,26-/m1/s1. The minimum atomic E-state index is -0.719. The van der Waals surface area contributed by atoms with Gasteiger partial charge in [-0.25, -0.2) is 0 Å². The molecule has 0 bridgehead atoms. The molecule has 0 saturated heterocycles. The van der Waals surface area contributed by atoms with Crippen molar-refractivity contribution in [1.82, 2.24) is 10.2 Å². The Hall–Kier alpha value is -3.02. The maximum Gasteiger partial charge on any atom is 0.261 e. The summed E-state index contributed by atoms with van der Waals surface area (Å²) in [6.45, 7) is 3.99. The summed E-state index contributed by atoms with van der Waals surface area (Å²) >= 11 is 12.0. The van der Waals surface area contributed by atoms with Crippen LogP contribution in [-0.2, 0) is 22.6 Å². The summed E-state index contributed by atoms with van der Waals surface area (Å²) in [6, 6.07) is 23.0. The van der Waals surface area contributed by atoms with Crippen molar-refractivity contribution in [3.8, 4) is 5.75 Å². The molecule has 184 valence electrons. The molecule has 0 aromatic heterocycles. The number of halogens is 2. The van der Waals surface area contributed by atoms with Gasteiger partial charge < -0.3 is 15.0 Å². The van der Waals surface area contributed by atoms with E-state index in [1.807, 2.05) is 56.3 Å². The lowest BCUT2D eigenvalue weighted by Gasteiger charge is -2.32. The number of nitrogens with zero attached hydrogens (tertiary/aromatic N) is 1. The molecule has 7 heteroatoms. The van der Waals surface area contributed by atoms with Crippen molar-refractivity contribution in [2.45, 2.75) is 45.3 Å². The summed E-state index contributed by atoms with van der Waals surface area (Å²) in [5.41, 5.74) is 1.83. The molecule has 0 fully saturated rings. The molecule has 0 aliphatic carbocycles. The van der Waals surface area contributed by atoms with E-state index in [0.717, 1.165) is 17.5 Å². The second kappa shape index (κ2) is 13.2. The summed E-state index contributed by atoms with van der Waals surface area (Å²) in [5, 5.41) is 4.24. The van der Waals surface area contributed by atoms with E-state index < -0.39 is 6.04 Å². The SMILES string of the molecule is CC[C@@H](C)NC(=O)[C@@H](Cc1ccccc1)N(Cc1ccc(Cl)cc1)C(=O)COc1ccc(Cl)cc1. The van der Waals surface area contributed by atoms with Crippen molar-refractivity contribution in [2.75, 3.05) is 6.61 Å². The second-order valence-corrected chi connectivity index (χ2v) is 9.29. The van der Waals surface area contributed by atoms with Gasteiger partial charge in [0.25, 0.3) is 5.91 Å². The Bertz CT molecular complexity index is 1090. The minimum Gasteiger partial charge on any atom is -0.484 e. The molecule has 3 aromatic carbocycles. The third kappa shape index (κ3) is 8.30. The molecule has 3 rings (SSSR count). The van der Waals surface area contributed by atoms with Gasteiger partial charge in [-0.1, -0.05) is 72.6 Å². The summed E-state index contributed by atoms with van der Waals surface area (Å²) in [7, 11) is 0. The third-order valence-corrected chi connectivity index (χ3v) is 6.22. The highest BCUT2D eigenvalue weighted by Crippen LogP contribution is 2.19. The average Bonchev–Trinajstić information content (AvgIpc) is 2.87. The molecule has 0 unspecified atom stereocenters. The fourth-order valence-corrected chi connectivity index (χ4v) is 3.79. The largest absolute Gasteiger partial charge is 0.484 e. The number of hydrogen-bond donors (Lipinski definition) is 1. The molecular weight excluding hydrogens is 483 g/mol. The van der Waals surface area contributed by atoms with Gasteiger partial charge in [-0.2, -0.15) is 0 Å². The molecule has 0 heterocycles. The normalized spacial score (nSPS) is 12.5. The van der Waals surface area contributed by atoms with E-state index in [9.17, 15) is 9.59 Å². The van der Waals surface area contributed by atoms with Crippen molar-refractivity contribution in [2.24, 2.45) is 0 Å². The van der Waals surface area contributed by atoms with Crippen molar-refractivity contribution < 1.29 is 14.3 Å². The number of carbonyl (C=O) groups excluding carboxylic acids is 2. The number of benzene rings is 3. The van der Waals surface area contributed by atoms with Gasteiger partial charge in [0, 0.05) is 29.1 Å². The average molecular weight is 513 g/mol. The number of ether oxygens (including phenoxy) is 1. The van der Waals surface area contributed by atoms with Crippen molar-refractivity contribution >= 4 is 35.0 Å². The van der Waals surface area contributed by atoms with Gasteiger partial charge in [0.15, 0.2) is 6.61 Å². The van der Waals surface area contributed by atoms with E-state index in [-0.39, 0.29) is 31.0 Å². The molecule has 0 spiro atoms. The molecule has 2 atom stereocenters. The van der Waals surface area contributed by atoms with Crippen LogP contribution in [0.25, 0.3) is 0 Å². The molecule has 35 heavy (non-hydrogen) atoms. The van der Waals surface area contributed by atoms with Crippen LogP contribution in [0.1, 0.15) is 31.4 Å². The van der Waals surface area contributed by atoms with Crippen molar-refractivity contribution in [3.05, 3.63) is 100 Å². The van der Waals surface area contributed by atoms with Gasteiger partial charge in [-0.15, -0.1) is 0 Å². The van der Waals surface area contributed by atoms with E-state index in [1.165, 1.54) is 0 Å². The molecule has 1 N–H and O–H groups in total. The Balaban J connectivity index is 1.89. The van der Waals surface area contributed by atoms with Crippen LogP contribution >= 0.6 is 23.2 Å².